The Morgan fingerprint density at radius 1 is 1.45 bits per heavy atom. The van der Waals surface area contributed by atoms with Crippen LogP contribution in [0.5, 0.6) is 0 Å². The van der Waals surface area contributed by atoms with Crippen molar-refractivity contribution in [3.05, 3.63) is 29.6 Å². The van der Waals surface area contributed by atoms with Gasteiger partial charge in [0, 0.05) is 16.5 Å². The lowest BCUT2D eigenvalue weighted by Gasteiger charge is -2.12. The summed E-state index contributed by atoms with van der Waals surface area (Å²) in [5.41, 5.74) is 6.47. The second-order valence-electron chi connectivity index (χ2n) is 4.75. The normalized spacial score (nSPS) is 16.0. The van der Waals surface area contributed by atoms with Gasteiger partial charge in [0.05, 0.1) is 6.54 Å². The van der Waals surface area contributed by atoms with Gasteiger partial charge in [-0.05, 0) is 31.2 Å². The molecule has 0 spiro atoms. The minimum atomic E-state index is -0.218. The van der Waals surface area contributed by atoms with Gasteiger partial charge in [0.1, 0.15) is 5.82 Å². The smallest absolute Gasteiger partial charge is 0.189 e. The van der Waals surface area contributed by atoms with E-state index in [1.165, 1.54) is 30.7 Å². The Labute approximate surface area is 141 Å². The Bertz CT molecular complexity index is 462. The number of aliphatic imine (C=N–C) groups is 1. The molecule has 112 valence electrons. The fourth-order valence-electron chi connectivity index (χ4n) is 2.37. The molecule has 0 heterocycles. The van der Waals surface area contributed by atoms with Crippen LogP contribution >= 0.6 is 35.7 Å². The maximum atomic E-state index is 13.7. The standard InChI is InChI=1S/C14H20FN3S.HI/c1-19-13-8-4-7-12(15)11(13)9-17-14(16)18-10-5-2-3-6-10;/h4,7-8,10H,2-3,5-6,9H2,1H3,(H3,16,17,18);1H. The molecular formula is C14H21FIN3S. The van der Waals surface area contributed by atoms with Gasteiger partial charge in [-0.1, -0.05) is 18.9 Å². The van der Waals surface area contributed by atoms with Gasteiger partial charge in [-0.3, -0.25) is 0 Å². The van der Waals surface area contributed by atoms with Crippen LogP contribution in [0.3, 0.4) is 0 Å². The van der Waals surface area contributed by atoms with Gasteiger partial charge >= 0.3 is 0 Å². The third-order valence-corrected chi connectivity index (χ3v) is 4.23. The summed E-state index contributed by atoms with van der Waals surface area (Å²) in [6, 6.07) is 5.52. The molecular weight excluding hydrogens is 388 g/mol. The van der Waals surface area contributed by atoms with Crippen LogP contribution in [0.1, 0.15) is 31.2 Å². The van der Waals surface area contributed by atoms with Crippen molar-refractivity contribution in [2.75, 3.05) is 6.26 Å². The summed E-state index contributed by atoms with van der Waals surface area (Å²) in [4.78, 5) is 5.17. The average Bonchev–Trinajstić information content (AvgIpc) is 2.89. The zero-order chi connectivity index (χ0) is 13.7. The SMILES string of the molecule is CSc1cccc(F)c1CN=C(N)NC1CCCC1.I. The molecule has 0 radical (unpaired) electrons. The van der Waals surface area contributed by atoms with Crippen molar-refractivity contribution in [3.8, 4) is 0 Å². The molecule has 0 bridgehead atoms. The summed E-state index contributed by atoms with van der Waals surface area (Å²) in [6.45, 7) is 0.286. The lowest BCUT2D eigenvalue weighted by molar-refractivity contribution is 0.602. The van der Waals surface area contributed by atoms with E-state index in [9.17, 15) is 4.39 Å². The van der Waals surface area contributed by atoms with Crippen LogP contribution in [0, 0.1) is 5.82 Å². The molecule has 1 saturated carbocycles. The first-order valence-electron chi connectivity index (χ1n) is 6.58. The van der Waals surface area contributed by atoms with Crippen molar-refractivity contribution in [2.24, 2.45) is 10.7 Å². The largest absolute Gasteiger partial charge is 0.370 e. The van der Waals surface area contributed by atoms with Crippen LogP contribution in [-0.2, 0) is 6.54 Å². The average molecular weight is 409 g/mol. The molecule has 2 rings (SSSR count). The number of hydrogen-bond acceptors (Lipinski definition) is 2. The number of nitrogens with two attached hydrogens (primary N) is 1. The zero-order valence-corrected chi connectivity index (χ0v) is 14.7. The first-order valence-corrected chi connectivity index (χ1v) is 7.81. The van der Waals surface area contributed by atoms with E-state index in [0.29, 0.717) is 17.6 Å². The first-order chi connectivity index (χ1) is 9.20. The molecule has 1 aliphatic carbocycles. The van der Waals surface area contributed by atoms with E-state index >= 15 is 0 Å². The Kier molecular flexibility index (Phi) is 7.65. The van der Waals surface area contributed by atoms with Crippen molar-refractivity contribution in [1.82, 2.24) is 5.32 Å². The number of rotatable bonds is 4. The van der Waals surface area contributed by atoms with Gasteiger partial charge in [-0.25, -0.2) is 9.38 Å². The van der Waals surface area contributed by atoms with Gasteiger partial charge in [0.2, 0.25) is 0 Å². The number of benzene rings is 1. The Morgan fingerprint density at radius 2 is 2.15 bits per heavy atom. The molecule has 0 unspecified atom stereocenters. The minimum absolute atomic E-state index is 0. The summed E-state index contributed by atoms with van der Waals surface area (Å²) >= 11 is 1.52. The third kappa shape index (κ3) is 4.80. The molecule has 1 aliphatic rings. The van der Waals surface area contributed by atoms with E-state index < -0.39 is 0 Å². The predicted molar refractivity (Wildman–Crippen MR) is 94.3 cm³/mol. The fraction of sp³-hybridized carbons (Fsp3) is 0.500. The second-order valence-corrected chi connectivity index (χ2v) is 5.60. The van der Waals surface area contributed by atoms with Crippen molar-refractivity contribution in [2.45, 2.75) is 43.2 Å². The molecule has 3 nitrogen and oxygen atoms in total. The van der Waals surface area contributed by atoms with Crippen LogP contribution in [0.25, 0.3) is 0 Å². The summed E-state index contributed by atoms with van der Waals surface area (Å²) in [6.07, 6.45) is 6.71. The number of halogens is 2. The zero-order valence-electron chi connectivity index (χ0n) is 11.6. The second kappa shape index (κ2) is 8.71. The monoisotopic (exact) mass is 409 g/mol. The molecule has 1 aromatic carbocycles. The highest BCUT2D eigenvalue weighted by molar-refractivity contribution is 14.0. The van der Waals surface area contributed by atoms with E-state index in [-0.39, 0.29) is 36.3 Å². The minimum Gasteiger partial charge on any atom is -0.370 e. The lowest BCUT2D eigenvalue weighted by Crippen LogP contribution is -2.38. The van der Waals surface area contributed by atoms with Crippen molar-refractivity contribution in [1.29, 1.82) is 0 Å². The molecule has 3 N–H and O–H groups in total. The van der Waals surface area contributed by atoms with Gasteiger partial charge in [0.15, 0.2) is 5.96 Å². The quantitative estimate of drug-likeness (QED) is 0.346. The van der Waals surface area contributed by atoms with Gasteiger partial charge < -0.3 is 11.1 Å². The van der Waals surface area contributed by atoms with Crippen molar-refractivity contribution < 1.29 is 4.39 Å². The topological polar surface area (TPSA) is 50.4 Å². The molecule has 0 atom stereocenters. The van der Waals surface area contributed by atoms with Crippen LogP contribution in [0.15, 0.2) is 28.1 Å². The van der Waals surface area contributed by atoms with Crippen molar-refractivity contribution in [3.63, 3.8) is 0 Å². The van der Waals surface area contributed by atoms with E-state index in [0.717, 1.165) is 17.7 Å². The molecule has 1 fully saturated rings. The Morgan fingerprint density at radius 3 is 2.80 bits per heavy atom. The van der Waals surface area contributed by atoms with Gasteiger partial charge in [-0.2, -0.15) is 0 Å². The number of nitrogens with one attached hydrogen (secondary N) is 1. The highest BCUT2D eigenvalue weighted by atomic mass is 127. The van der Waals surface area contributed by atoms with Crippen molar-refractivity contribution >= 4 is 41.7 Å². The molecule has 0 amide bonds. The van der Waals surface area contributed by atoms with E-state index in [2.05, 4.69) is 10.3 Å². The van der Waals surface area contributed by atoms with Crippen LogP contribution in [-0.4, -0.2) is 18.3 Å². The number of nitrogens with zero attached hydrogens (tertiary/aromatic N) is 1. The first kappa shape index (κ1) is 17.6. The highest BCUT2D eigenvalue weighted by Gasteiger charge is 2.15. The number of guanidine groups is 1. The summed E-state index contributed by atoms with van der Waals surface area (Å²) < 4.78 is 13.7. The van der Waals surface area contributed by atoms with E-state index in [4.69, 9.17) is 5.73 Å². The molecule has 0 aliphatic heterocycles. The lowest BCUT2D eigenvalue weighted by atomic mass is 10.2. The van der Waals surface area contributed by atoms with Crippen LogP contribution in [0.4, 0.5) is 4.39 Å². The number of hydrogen-bond donors (Lipinski definition) is 2. The predicted octanol–water partition coefficient (Wildman–Crippen LogP) is 3.51. The number of thioether (sulfide) groups is 1. The van der Waals surface area contributed by atoms with Gasteiger partial charge in [-0.15, -0.1) is 35.7 Å². The van der Waals surface area contributed by atoms with Gasteiger partial charge in [0.25, 0.3) is 0 Å². The molecule has 20 heavy (non-hydrogen) atoms. The van der Waals surface area contributed by atoms with E-state index in [1.54, 1.807) is 6.07 Å². The molecule has 1 aromatic rings. The summed E-state index contributed by atoms with van der Waals surface area (Å²) in [7, 11) is 0. The Balaban J connectivity index is 0.00000200. The highest BCUT2D eigenvalue weighted by Crippen LogP contribution is 2.23. The maximum Gasteiger partial charge on any atom is 0.189 e. The summed E-state index contributed by atoms with van der Waals surface area (Å²) in [5, 5.41) is 3.20. The molecule has 6 heteroatoms. The van der Waals surface area contributed by atoms with Crippen LogP contribution in [0.2, 0.25) is 0 Å². The third-order valence-electron chi connectivity index (χ3n) is 3.41. The maximum absolute atomic E-state index is 13.7. The fourth-order valence-corrected chi connectivity index (χ4v) is 3.00. The molecule has 0 saturated heterocycles. The summed E-state index contributed by atoms with van der Waals surface area (Å²) in [5.74, 6) is 0.200. The molecule has 0 aromatic heterocycles. The van der Waals surface area contributed by atoms with Crippen LogP contribution < -0.4 is 11.1 Å². The van der Waals surface area contributed by atoms with E-state index in [1.807, 2.05) is 12.3 Å². The Hall–Kier alpha value is -0.500.